The molecular weight excluding hydrogens is 430 g/mol. The van der Waals surface area contributed by atoms with Crippen molar-refractivity contribution in [3.8, 4) is 6.07 Å². The first-order valence-corrected chi connectivity index (χ1v) is 12.4. The molecule has 30 heavy (non-hydrogen) atoms. The minimum Gasteiger partial charge on any atom is -0.342 e. The molecule has 0 bridgehead atoms. The Hall–Kier alpha value is -2.78. The van der Waals surface area contributed by atoms with Crippen LogP contribution >= 0.6 is 0 Å². The van der Waals surface area contributed by atoms with Gasteiger partial charge in [-0.1, -0.05) is 30.3 Å². The highest BCUT2D eigenvalue weighted by Gasteiger charge is 2.40. The van der Waals surface area contributed by atoms with Gasteiger partial charge >= 0.3 is 0 Å². The number of hydroxylamine groups is 1. The number of hydrogen-bond donors (Lipinski definition) is 0. The van der Waals surface area contributed by atoms with Gasteiger partial charge in [0.15, 0.2) is 5.78 Å². The van der Waals surface area contributed by atoms with E-state index in [-0.39, 0.29) is 10.9 Å². The molecule has 158 valence electrons. The van der Waals surface area contributed by atoms with Crippen LogP contribution in [0.15, 0.2) is 59.5 Å². The maximum Gasteiger partial charge on any atom is 0.281 e. The molecule has 0 spiro atoms. The van der Waals surface area contributed by atoms with Gasteiger partial charge in [0.1, 0.15) is 17.8 Å². The Morgan fingerprint density at radius 3 is 2.33 bits per heavy atom. The van der Waals surface area contributed by atoms with Crippen molar-refractivity contribution in [2.24, 2.45) is 0 Å². The average molecular weight is 450 g/mol. The van der Waals surface area contributed by atoms with Crippen molar-refractivity contribution in [3.05, 3.63) is 65.0 Å². The second-order valence-electron chi connectivity index (χ2n) is 6.93. The van der Waals surface area contributed by atoms with E-state index in [1.807, 2.05) is 6.07 Å². The number of carbonyl (C=O) groups is 1. The van der Waals surface area contributed by atoms with Gasteiger partial charge in [-0.3, -0.25) is 4.79 Å². The highest BCUT2D eigenvalue weighted by molar-refractivity contribution is 7.89. The summed E-state index contributed by atoms with van der Waals surface area (Å²) >= 11 is 0. The van der Waals surface area contributed by atoms with Gasteiger partial charge in [-0.05, 0) is 27.3 Å². The first-order chi connectivity index (χ1) is 13.9. The Labute approximate surface area is 175 Å². The summed E-state index contributed by atoms with van der Waals surface area (Å²) < 4.78 is 52.5. The van der Waals surface area contributed by atoms with Gasteiger partial charge in [-0.25, -0.2) is 8.42 Å². The van der Waals surface area contributed by atoms with Gasteiger partial charge in [-0.15, -0.1) is 0 Å². The van der Waals surface area contributed by atoms with E-state index in [2.05, 4.69) is 10.4 Å². The van der Waals surface area contributed by atoms with Crippen molar-refractivity contribution in [1.82, 2.24) is 9.37 Å². The topological polar surface area (TPSA) is 125 Å². The molecule has 0 fully saturated rings. The number of nitrogens with zero attached hydrogens (tertiary/aromatic N) is 3. The maximum atomic E-state index is 12.8. The fourth-order valence-corrected chi connectivity index (χ4v) is 5.08. The molecule has 1 heterocycles. The Morgan fingerprint density at radius 2 is 1.80 bits per heavy atom. The van der Waals surface area contributed by atoms with E-state index in [1.165, 1.54) is 6.08 Å². The number of sulfonamides is 1. The first-order valence-electron chi connectivity index (χ1n) is 8.70. The molecule has 0 saturated carbocycles. The predicted octanol–water partition coefficient (Wildman–Crippen LogP) is 1.17. The standard InChI is InChI=1S/C19H19N3O6S2/c1-21-12-14-9-18(23)16(22(29(2,24)25)28-30(3,26)27)10-15(14)19(17(21)11-20)13-7-5-4-6-8-13/h4-8,10,12,16H,9H2,1-3H3. The summed E-state index contributed by atoms with van der Waals surface area (Å²) in [6.07, 6.45) is 4.24. The van der Waals surface area contributed by atoms with Crippen molar-refractivity contribution in [3.63, 3.8) is 0 Å². The van der Waals surface area contributed by atoms with Crippen LogP contribution in [-0.4, -0.2) is 57.6 Å². The normalized spacial score (nSPS) is 19.9. The lowest BCUT2D eigenvalue weighted by Crippen LogP contribution is -2.46. The zero-order valence-corrected chi connectivity index (χ0v) is 18.1. The van der Waals surface area contributed by atoms with Gasteiger partial charge in [0.2, 0.25) is 10.0 Å². The summed E-state index contributed by atoms with van der Waals surface area (Å²) in [5, 5.41) is 9.71. The van der Waals surface area contributed by atoms with Crippen molar-refractivity contribution < 1.29 is 25.9 Å². The third-order valence-corrected chi connectivity index (χ3v) is 5.99. The van der Waals surface area contributed by atoms with E-state index in [1.54, 1.807) is 42.4 Å². The molecule has 0 saturated heterocycles. The minimum absolute atomic E-state index is 0.158. The molecule has 2 aliphatic rings. The quantitative estimate of drug-likeness (QED) is 0.614. The molecule has 3 rings (SSSR count). The molecule has 9 nitrogen and oxygen atoms in total. The summed E-state index contributed by atoms with van der Waals surface area (Å²) in [6, 6.07) is 9.61. The molecule has 1 aliphatic heterocycles. The first kappa shape index (κ1) is 21.9. The summed E-state index contributed by atoms with van der Waals surface area (Å²) in [4.78, 5) is 14.4. The zero-order chi connectivity index (χ0) is 22.3. The van der Waals surface area contributed by atoms with Crippen LogP contribution in [-0.2, 0) is 29.2 Å². The van der Waals surface area contributed by atoms with E-state index in [0.717, 1.165) is 6.26 Å². The Kier molecular flexibility index (Phi) is 5.70. The Bertz CT molecular complexity index is 1240. The van der Waals surface area contributed by atoms with Crippen molar-refractivity contribution in [2.75, 3.05) is 19.6 Å². The Morgan fingerprint density at radius 1 is 1.17 bits per heavy atom. The second-order valence-corrected chi connectivity index (χ2v) is 10.3. The second kappa shape index (κ2) is 7.81. The van der Waals surface area contributed by atoms with Crippen LogP contribution in [0, 0.1) is 11.3 Å². The minimum atomic E-state index is -4.22. The van der Waals surface area contributed by atoms with Crippen LogP contribution in [0.3, 0.4) is 0 Å². The molecule has 1 unspecified atom stereocenters. The van der Waals surface area contributed by atoms with Gasteiger partial charge in [-0.2, -0.15) is 18.0 Å². The highest BCUT2D eigenvalue weighted by Crippen LogP contribution is 2.41. The largest absolute Gasteiger partial charge is 0.342 e. The molecule has 1 aromatic rings. The van der Waals surface area contributed by atoms with Gasteiger partial charge in [0.05, 0.1) is 12.5 Å². The van der Waals surface area contributed by atoms with Crippen LogP contribution in [0.2, 0.25) is 0 Å². The van der Waals surface area contributed by atoms with Crippen molar-refractivity contribution >= 4 is 31.5 Å². The number of hydrogen-bond acceptors (Lipinski definition) is 8. The predicted molar refractivity (Wildman–Crippen MR) is 109 cm³/mol. The SMILES string of the molecule is CN1C=C2CC(=O)C(N(OS(C)(=O)=O)S(C)(=O)=O)C=C2C(c2ccccc2)=C1C#N. The van der Waals surface area contributed by atoms with Gasteiger partial charge in [0.25, 0.3) is 10.1 Å². The van der Waals surface area contributed by atoms with Crippen LogP contribution in [0.25, 0.3) is 5.57 Å². The number of benzene rings is 1. The van der Waals surface area contributed by atoms with E-state index in [9.17, 15) is 26.9 Å². The van der Waals surface area contributed by atoms with Crippen molar-refractivity contribution in [2.45, 2.75) is 12.5 Å². The number of nitriles is 1. The van der Waals surface area contributed by atoms with E-state index >= 15 is 0 Å². The number of ketones is 1. The summed E-state index contributed by atoms with van der Waals surface area (Å²) in [5.41, 5.74) is 2.58. The van der Waals surface area contributed by atoms with E-state index < -0.39 is 32.0 Å². The molecule has 1 aliphatic carbocycles. The van der Waals surface area contributed by atoms with Gasteiger partial charge < -0.3 is 4.90 Å². The monoisotopic (exact) mass is 449 g/mol. The van der Waals surface area contributed by atoms with E-state index in [0.29, 0.717) is 34.2 Å². The Balaban J connectivity index is 2.23. The van der Waals surface area contributed by atoms with Gasteiger partial charge in [0, 0.05) is 25.2 Å². The third kappa shape index (κ3) is 4.36. The van der Waals surface area contributed by atoms with Crippen molar-refractivity contribution in [1.29, 1.82) is 5.26 Å². The molecule has 0 N–H and O–H groups in total. The zero-order valence-electron chi connectivity index (χ0n) is 16.4. The van der Waals surface area contributed by atoms with Crippen LogP contribution in [0.1, 0.15) is 12.0 Å². The lowest BCUT2D eigenvalue weighted by atomic mass is 9.81. The number of carbonyl (C=O) groups excluding carboxylic acids is 1. The number of rotatable bonds is 5. The molecule has 0 radical (unpaired) electrons. The smallest absolute Gasteiger partial charge is 0.281 e. The van der Waals surface area contributed by atoms with E-state index in [4.69, 9.17) is 0 Å². The average Bonchev–Trinajstić information content (AvgIpc) is 2.64. The summed E-state index contributed by atoms with van der Waals surface area (Å²) in [5.74, 6) is -0.555. The molecular formula is C19H19N3O6S2. The van der Waals surface area contributed by atoms with Crippen LogP contribution in [0.4, 0.5) is 0 Å². The van der Waals surface area contributed by atoms with Crippen LogP contribution < -0.4 is 0 Å². The maximum absolute atomic E-state index is 12.8. The number of fused-ring (bicyclic) bond motifs is 1. The van der Waals surface area contributed by atoms with Crippen LogP contribution in [0.5, 0.6) is 0 Å². The molecule has 1 aromatic carbocycles. The summed E-state index contributed by atoms with van der Waals surface area (Å²) in [7, 11) is -6.77. The molecule has 1 atom stereocenters. The molecule has 11 heteroatoms. The fourth-order valence-electron chi connectivity index (χ4n) is 3.36. The molecule has 0 amide bonds. The number of allylic oxidation sites excluding steroid dienone is 4. The number of Topliss-reactive ketones (excluding diaryl/α,β-unsaturated/α-hetero) is 1. The third-order valence-electron chi connectivity index (χ3n) is 4.50. The fraction of sp³-hybridized carbons (Fsp3) is 0.263. The highest BCUT2D eigenvalue weighted by atomic mass is 32.2. The molecule has 0 aromatic heterocycles. The summed E-state index contributed by atoms with van der Waals surface area (Å²) in [6.45, 7) is 0. The lowest BCUT2D eigenvalue weighted by Gasteiger charge is -2.34. The lowest BCUT2D eigenvalue weighted by molar-refractivity contribution is -0.126.